The van der Waals surface area contributed by atoms with Gasteiger partial charge in [-0.3, -0.25) is 0 Å². The molecule has 0 saturated carbocycles. The number of nitrogens with zero attached hydrogens (tertiary/aromatic N) is 1. The van der Waals surface area contributed by atoms with Crippen molar-refractivity contribution in [2.75, 3.05) is 0 Å². The van der Waals surface area contributed by atoms with E-state index in [4.69, 9.17) is 5.41 Å². The van der Waals surface area contributed by atoms with Crippen LogP contribution in [0.2, 0.25) is 0 Å². The summed E-state index contributed by atoms with van der Waals surface area (Å²) in [5, 5.41) is 8.81. The van der Waals surface area contributed by atoms with Gasteiger partial charge in [-0.2, -0.15) is 0 Å². The third-order valence-corrected chi connectivity index (χ3v) is 1.48. The molecule has 0 fully saturated rings. The molecule has 0 aromatic heterocycles. The standard InChI is InChI=1S/C6H4IN/c7-5-2-1-3-6(8)4-5/h1-4H. The van der Waals surface area contributed by atoms with Crippen LogP contribution in [0.15, 0.2) is 21.8 Å². The average Bonchev–Trinajstić information content (AvgIpc) is 1.64. The Hall–Kier alpha value is -0.250. The highest BCUT2D eigenvalue weighted by atomic mass is 127. The molecule has 0 unspecified atom stereocenters. The first-order chi connectivity index (χ1) is 3.79. The van der Waals surface area contributed by atoms with Crippen LogP contribution >= 0.6 is 22.6 Å². The molecule has 0 saturated heterocycles. The lowest BCUT2D eigenvalue weighted by Crippen LogP contribution is -1.89. The maximum Gasteiger partial charge on any atom is 0.120 e. The second-order valence-electron chi connectivity index (χ2n) is 1.48. The Morgan fingerprint density at radius 3 is 2.75 bits per heavy atom. The van der Waals surface area contributed by atoms with Crippen LogP contribution < -0.4 is 0 Å². The minimum absolute atomic E-state index is 0.330. The summed E-state index contributed by atoms with van der Waals surface area (Å²) in [5.74, 6) is 0. The molecular formula is C6H4IN. The molecule has 1 aliphatic rings. The molecule has 0 aliphatic heterocycles. The van der Waals surface area contributed by atoms with Gasteiger partial charge in [0.15, 0.2) is 0 Å². The van der Waals surface area contributed by atoms with Crippen molar-refractivity contribution in [3.8, 4) is 0 Å². The number of halogens is 1. The summed E-state index contributed by atoms with van der Waals surface area (Å²) in [4.78, 5) is 0. The zero-order valence-corrected chi connectivity index (χ0v) is 6.29. The van der Waals surface area contributed by atoms with Crippen LogP contribution in [0.4, 0.5) is 0 Å². The maximum absolute atomic E-state index is 8.81. The summed E-state index contributed by atoms with van der Waals surface area (Å²) in [5.41, 5.74) is 0.330. The third kappa shape index (κ3) is 1.36. The molecular weight excluding hydrogens is 213 g/mol. The molecule has 0 N–H and O–H groups in total. The lowest BCUT2D eigenvalue weighted by molar-refractivity contribution is 1.72. The number of hydrogen-bond acceptors (Lipinski definition) is 0. The molecule has 0 atom stereocenters. The highest BCUT2D eigenvalue weighted by Crippen LogP contribution is 2.14. The molecule has 0 radical (unpaired) electrons. The molecule has 40 valence electrons. The molecule has 2 heteroatoms. The molecule has 0 spiro atoms. The lowest BCUT2D eigenvalue weighted by Gasteiger charge is -1.96. The molecule has 0 heterocycles. The van der Waals surface area contributed by atoms with Gasteiger partial charge in [0.1, 0.15) is 3.58 Å². The third-order valence-electron chi connectivity index (χ3n) is 0.808. The number of allylic oxidation sites excluding steroid dienone is 4. The Labute approximate surface area is 62.1 Å². The van der Waals surface area contributed by atoms with Crippen molar-refractivity contribution in [2.45, 2.75) is 0 Å². The SMILES string of the molecule is [N-]=C1C=C[CH+]C(I)=C1. The predicted molar refractivity (Wildman–Crippen MR) is 43.9 cm³/mol. The largest absolute Gasteiger partial charge is 0.779 e. The zero-order chi connectivity index (χ0) is 5.98. The zero-order valence-electron chi connectivity index (χ0n) is 4.13. The summed E-state index contributed by atoms with van der Waals surface area (Å²) in [6, 6.07) is 0. The van der Waals surface area contributed by atoms with Crippen molar-refractivity contribution in [2.24, 2.45) is 0 Å². The normalized spacial score (nSPS) is 17.6. The first-order valence-corrected chi connectivity index (χ1v) is 3.31. The second-order valence-corrected chi connectivity index (χ2v) is 2.73. The van der Waals surface area contributed by atoms with Crippen molar-refractivity contribution in [3.05, 3.63) is 33.6 Å². The van der Waals surface area contributed by atoms with Gasteiger partial charge in [0, 0.05) is 18.2 Å². The van der Waals surface area contributed by atoms with Crippen LogP contribution in [-0.4, -0.2) is 5.71 Å². The van der Waals surface area contributed by atoms with Gasteiger partial charge >= 0.3 is 0 Å². The minimum atomic E-state index is 0.330. The highest BCUT2D eigenvalue weighted by molar-refractivity contribution is 14.1. The average molecular weight is 217 g/mol. The Bertz CT molecular complexity index is 167. The van der Waals surface area contributed by atoms with E-state index < -0.39 is 0 Å². The molecule has 0 aromatic rings. The smallest absolute Gasteiger partial charge is 0.120 e. The molecule has 1 rings (SSSR count). The topological polar surface area (TPSA) is 22.3 Å². The van der Waals surface area contributed by atoms with E-state index in [-0.39, 0.29) is 0 Å². The monoisotopic (exact) mass is 217 g/mol. The number of hydrogen-bond donors (Lipinski definition) is 0. The van der Waals surface area contributed by atoms with E-state index >= 15 is 0 Å². The Morgan fingerprint density at radius 2 is 2.38 bits per heavy atom. The van der Waals surface area contributed by atoms with Crippen LogP contribution in [-0.2, 0) is 0 Å². The van der Waals surface area contributed by atoms with E-state index in [1.807, 2.05) is 12.5 Å². The van der Waals surface area contributed by atoms with Gasteiger partial charge in [-0.1, -0.05) is 0 Å². The van der Waals surface area contributed by atoms with Crippen LogP contribution in [0.1, 0.15) is 0 Å². The molecule has 0 amide bonds. The first kappa shape index (κ1) is 5.88. The van der Waals surface area contributed by atoms with Crippen molar-refractivity contribution >= 4 is 28.3 Å². The van der Waals surface area contributed by atoms with E-state index in [9.17, 15) is 0 Å². The lowest BCUT2D eigenvalue weighted by atomic mass is 10.2. The van der Waals surface area contributed by atoms with Gasteiger partial charge in [0.25, 0.3) is 0 Å². The maximum atomic E-state index is 8.81. The van der Waals surface area contributed by atoms with Gasteiger partial charge in [-0.15, -0.1) is 0 Å². The van der Waals surface area contributed by atoms with Crippen molar-refractivity contribution in [1.82, 2.24) is 0 Å². The van der Waals surface area contributed by atoms with Gasteiger partial charge in [0.2, 0.25) is 0 Å². The quantitative estimate of drug-likeness (QED) is 0.438. The first-order valence-electron chi connectivity index (χ1n) is 2.23. The van der Waals surface area contributed by atoms with E-state index in [1.165, 1.54) is 0 Å². The fraction of sp³-hybridized carbons (Fsp3) is 0. The summed E-state index contributed by atoms with van der Waals surface area (Å²) in [6.07, 6.45) is 7.11. The fourth-order valence-corrected chi connectivity index (χ4v) is 1.00. The van der Waals surface area contributed by atoms with Crippen LogP contribution in [0.3, 0.4) is 0 Å². The van der Waals surface area contributed by atoms with Gasteiger partial charge in [0.05, 0.1) is 6.42 Å². The van der Waals surface area contributed by atoms with Crippen LogP contribution in [0, 0.1) is 6.42 Å². The Morgan fingerprint density at radius 1 is 1.62 bits per heavy atom. The molecule has 8 heavy (non-hydrogen) atoms. The van der Waals surface area contributed by atoms with E-state index in [0.29, 0.717) is 5.71 Å². The highest BCUT2D eigenvalue weighted by Gasteiger charge is 2.00. The van der Waals surface area contributed by atoms with Crippen molar-refractivity contribution in [1.29, 1.82) is 0 Å². The predicted octanol–water partition coefficient (Wildman–Crippen LogP) is 2.09. The molecule has 1 nitrogen and oxygen atoms in total. The number of rotatable bonds is 0. The van der Waals surface area contributed by atoms with E-state index in [0.717, 1.165) is 3.58 Å². The molecule has 0 aromatic carbocycles. The summed E-state index contributed by atoms with van der Waals surface area (Å²) in [6.45, 7) is 0. The molecule has 0 bridgehead atoms. The Kier molecular flexibility index (Phi) is 1.73. The van der Waals surface area contributed by atoms with Gasteiger partial charge in [-0.05, 0) is 28.3 Å². The van der Waals surface area contributed by atoms with Crippen LogP contribution in [0.5, 0.6) is 0 Å². The second kappa shape index (κ2) is 2.35. The van der Waals surface area contributed by atoms with Crippen LogP contribution in [0.25, 0.3) is 5.41 Å². The fourth-order valence-electron chi connectivity index (χ4n) is 0.476. The summed E-state index contributed by atoms with van der Waals surface area (Å²) >= 11 is 2.15. The molecule has 1 aliphatic carbocycles. The van der Waals surface area contributed by atoms with Crippen molar-refractivity contribution in [3.63, 3.8) is 0 Å². The van der Waals surface area contributed by atoms with Gasteiger partial charge in [-0.25, -0.2) is 0 Å². The van der Waals surface area contributed by atoms with Gasteiger partial charge < -0.3 is 5.41 Å². The Balaban J connectivity index is 2.74. The van der Waals surface area contributed by atoms with E-state index in [1.54, 1.807) is 12.2 Å². The van der Waals surface area contributed by atoms with Crippen molar-refractivity contribution < 1.29 is 0 Å². The van der Waals surface area contributed by atoms with E-state index in [2.05, 4.69) is 22.6 Å². The summed E-state index contributed by atoms with van der Waals surface area (Å²) < 4.78 is 1.06. The summed E-state index contributed by atoms with van der Waals surface area (Å²) in [7, 11) is 0. The minimum Gasteiger partial charge on any atom is -0.779 e.